The Morgan fingerprint density at radius 2 is 2.00 bits per heavy atom. The largest absolute Gasteiger partial charge is 0.486 e. The number of benzene rings is 1. The first-order chi connectivity index (χ1) is 7.40. The summed E-state index contributed by atoms with van der Waals surface area (Å²) >= 11 is 4.16. The van der Waals surface area contributed by atoms with Gasteiger partial charge in [-0.3, -0.25) is 0 Å². The van der Waals surface area contributed by atoms with Gasteiger partial charge in [-0.15, -0.1) is 0 Å². The van der Waals surface area contributed by atoms with Gasteiger partial charge in [0.1, 0.15) is 13.2 Å². The van der Waals surface area contributed by atoms with Crippen LogP contribution >= 0.6 is 12.6 Å². The molecule has 1 heterocycles. The summed E-state index contributed by atoms with van der Waals surface area (Å²) in [6, 6.07) is 5.93. The highest BCUT2D eigenvalue weighted by molar-refractivity contribution is 7.80. The van der Waals surface area contributed by atoms with Crippen molar-refractivity contribution < 1.29 is 9.47 Å². The fourth-order valence-corrected chi connectivity index (χ4v) is 1.62. The fourth-order valence-electron chi connectivity index (χ4n) is 1.47. The predicted octanol–water partition coefficient (Wildman–Crippen LogP) is 2.19. The summed E-state index contributed by atoms with van der Waals surface area (Å²) < 4.78 is 10.9. The second-order valence-corrected chi connectivity index (χ2v) is 3.81. The Hall–Kier alpha value is -1.03. The maximum atomic E-state index is 5.49. The molecule has 0 atom stereocenters. The molecule has 0 fully saturated rings. The lowest BCUT2D eigenvalue weighted by molar-refractivity contribution is 0.171. The van der Waals surface area contributed by atoms with Crippen LogP contribution in [0.5, 0.6) is 11.5 Å². The molecule has 0 saturated carbocycles. The molecule has 4 heteroatoms. The maximum absolute atomic E-state index is 5.49. The van der Waals surface area contributed by atoms with Gasteiger partial charge in [0.2, 0.25) is 0 Å². The molecule has 1 aliphatic heterocycles. The van der Waals surface area contributed by atoms with Crippen LogP contribution in [0.3, 0.4) is 0 Å². The van der Waals surface area contributed by atoms with E-state index in [9.17, 15) is 0 Å². The molecule has 0 aliphatic carbocycles. The van der Waals surface area contributed by atoms with E-state index >= 15 is 0 Å². The van der Waals surface area contributed by atoms with Crippen molar-refractivity contribution in [3.63, 3.8) is 0 Å². The number of nitrogens with one attached hydrogen (secondary N) is 1. The summed E-state index contributed by atoms with van der Waals surface area (Å²) in [7, 11) is 0. The lowest BCUT2D eigenvalue weighted by atomic mass is 10.2. The summed E-state index contributed by atoms with van der Waals surface area (Å²) in [4.78, 5) is 0. The van der Waals surface area contributed by atoms with E-state index in [1.807, 2.05) is 18.2 Å². The molecular formula is C11H15NO2S. The normalized spacial score (nSPS) is 13.7. The van der Waals surface area contributed by atoms with E-state index < -0.39 is 0 Å². The van der Waals surface area contributed by atoms with Gasteiger partial charge in [0, 0.05) is 18.3 Å². The zero-order valence-electron chi connectivity index (χ0n) is 8.53. The zero-order chi connectivity index (χ0) is 10.5. The van der Waals surface area contributed by atoms with E-state index in [0.29, 0.717) is 13.2 Å². The Labute approximate surface area is 95.2 Å². The lowest BCUT2D eigenvalue weighted by Crippen LogP contribution is -2.15. The number of fused-ring (bicyclic) bond motifs is 1. The molecule has 0 radical (unpaired) electrons. The zero-order valence-corrected chi connectivity index (χ0v) is 9.43. The number of ether oxygens (including phenoxy) is 2. The van der Waals surface area contributed by atoms with Gasteiger partial charge in [-0.25, -0.2) is 0 Å². The van der Waals surface area contributed by atoms with E-state index in [-0.39, 0.29) is 0 Å². The number of anilines is 1. The van der Waals surface area contributed by atoms with Gasteiger partial charge in [-0.2, -0.15) is 12.6 Å². The van der Waals surface area contributed by atoms with Crippen molar-refractivity contribution in [1.29, 1.82) is 0 Å². The number of thiol groups is 1. The Kier molecular flexibility index (Phi) is 3.61. The van der Waals surface area contributed by atoms with Crippen LogP contribution in [0.4, 0.5) is 5.69 Å². The van der Waals surface area contributed by atoms with Crippen molar-refractivity contribution in [3.05, 3.63) is 18.2 Å². The monoisotopic (exact) mass is 225 g/mol. The maximum Gasteiger partial charge on any atom is 0.163 e. The Bertz CT molecular complexity index is 330. The number of rotatable bonds is 4. The topological polar surface area (TPSA) is 30.5 Å². The molecule has 0 bridgehead atoms. The average molecular weight is 225 g/mol. The molecule has 1 aromatic rings. The molecule has 0 saturated heterocycles. The average Bonchev–Trinajstić information content (AvgIpc) is 2.29. The first-order valence-electron chi connectivity index (χ1n) is 5.14. The summed E-state index contributed by atoms with van der Waals surface area (Å²) in [5.74, 6) is 2.57. The van der Waals surface area contributed by atoms with E-state index in [4.69, 9.17) is 9.47 Å². The third-order valence-electron chi connectivity index (χ3n) is 2.21. The van der Waals surface area contributed by atoms with Crippen molar-refractivity contribution in [3.8, 4) is 11.5 Å². The van der Waals surface area contributed by atoms with E-state index in [1.54, 1.807) is 0 Å². The highest BCUT2D eigenvalue weighted by Gasteiger charge is 2.11. The third kappa shape index (κ3) is 2.72. The van der Waals surface area contributed by atoms with Crippen LogP contribution in [0.25, 0.3) is 0 Å². The molecule has 1 aliphatic rings. The number of hydrogen-bond acceptors (Lipinski definition) is 4. The first kappa shape index (κ1) is 10.5. The Balaban J connectivity index is 2.00. The SMILES string of the molecule is SCCCNc1ccc2c(c1)OCCO2. The van der Waals surface area contributed by atoms with Crippen molar-refractivity contribution in [1.82, 2.24) is 0 Å². The van der Waals surface area contributed by atoms with Crippen LogP contribution in [-0.4, -0.2) is 25.5 Å². The minimum atomic E-state index is 0.632. The smallest absolute Gasteiger partial charge is 0.163 e. The van der Waals surface area contributed by atoms with Gasteiger partial charge < -0.3 is 14.8 Å². The molecule has 0 amide bonds. The molecule has 1 aromatic carbocycles. The van der Waals surface area contributed by atoms with Crippen LogP contribution < -0.4 is 14.8 Å². The van der Waals surface area contributed by atoms with Crippen LogP contribution in [0.15, 0.2) is 18.2 Å². The van der Waals surface area contributed by atoms with E-state index in [0.717, 1.165) is 35.9 Å². The van der Waals surface area contributed by atoms with Crippen LogP contribution in [-0.2, 0) is 0 Å². The molecule has 2 rings (SSSR count). The van der Waals surface area contributed by atoms with Crippen LogP contribution in [0.1, 0.15) is 6.42 Å². The minimum Gasteiger partial charge on any atom is -0.486 e. The standard InChI is InChI=1S/C11H15NO2S/c15-7-1-4-12-9-2-3-10-11(8-9)14-6-5-13-10/h2-3,8,12,15H,1,4-7H2. The molecule has 82 valence electrons. The second kappa shape index (κ2) is 5.16. The Morgan fingerprint density at radius 3 is 2.80 bits per heavy atom. The summed E-state index contributed by atoms with van der Waals surface area (Å²) in [6.45, 7) is 2.20. The van der Waals surface area contributed by atoms with Gasteiger partial charge in [0.15, 0.2) is 11.5 Å². The third-order valence-corrected chi connectivity index (χ3v) is 2.52. The van der Waals surface area contributed by atoms with Gasteiger partial charge in [0.25, 0.3) is 0 Å². The first-order valence-corrected chi connectivity index (χ1v) is 5.78. The molecular weight excluding hydrogens is 210 g/mol. The summed E-state index contributed by atoms with van der Waals surface area (Å²) in [6.07, 6.45) is 1.05. The van der Waals surface area contributed by atoms with Gasteiger partial charge in [-0.1, -0.05) is 0 Å². The molecule has 0 unspecified atom stereocenters. The quantitative estimate of drug-likeness (QED) is 0.608. The van der Waals surface area contributed by atoms with Crippen molar-refractivity contribution in [2.75, 3.05) is 30.8 Å². The second-order valence-electron chi connectivity index (χ2n) is 3.36. The number of hydrogen-bond donors (Lipinski definition) is 2. The summed E-state index contributed by atoms with van der Waals surface area (Å²) in [5.41, 5.74) is 1.07. The highest BCUT2D eigenvalue weighted by atomic mass is 32.1. The Morgan fingerprint density at radius 1 is 1.20 bits per heavy atom. The van der Waals surface area contributed by atoms with Crippen molar-refractivity contribution >= 4 is 18.3 Å². The minimum absolute atomic E-state index is 0.632. The van der Waals surface area contributed by atoms with E-state index in [1.165, 1.54) is 0 Å². The van der Waals surface area contributed by atoms with E-state index in [2.05, 4.69) is 17.9 Å². The highest BCUT2D eigenvalue weighted by Crippen LogP contribution is 2.32. The van der Waals surface area contributed by atoms with Crippen molar-refractivity contribution in [2.45, 2.75) is 6.42 Å². The molecule has 0 spiro atoms. The van der Waals surface area contributed by atoms with Crippen LogP contribution in [0.2, 0.25) is 0 Å². The van der Waals surface area contributed by atoms with Gasteiger partial charge in [0.05, 0.1) is 0 Å². The molecule has 15 heavy (non-hydrogen) atoms. The van der Waals surface area contributed by atoms with Crippen LogP contribution in [0, 0.1) is 0 Å². The predicted molar refractivity (Wildman–Crippen MR) is 64.4 cm³/mol. The molecule has 0 aromatic heterocycles. The lowest BCUT2D eigenvalue weighted by Gasteiger charge is -2.19. The molecule has 1 N–H and O–H groups in total. The fraction of sp³-hybridized carbons (Fsp3) is 0.455. The van der Waals surface area contributed by atoms with Gasteiger partial charge >= 0.3 is 0 Å². The van der Waals surface area contributed by atoms with Gasteiger partial charge in [-0.05, 0) is 24.3 Å². The summed E-state index contributed by atoms with van der Waals surface area (Å²) in [5, 5.41) is 3.31. The molecule has 3 nitrogen and oxygen atoms in total. The van der Waals surface area contributed by atoms with Crippen molar-refractivity contribution in [2.24, 2.45) is 0 Å².